The van der Waals surface area contributed by atoms with Crippen molar-refractivity contribution in [2.75, 3.05) is 0 Å². The zero-order valence-corrected chi connectivity index (χ0v) is 12.5. The molecule has 1 saturated carbocycles. The van der Waals surface area contributed by atoms with Gasteiger partial charge in [-0.05, 0) is 37.5 Å². The maximum atomic E-state index is 12.4. The fourth-order valence-electron chi connectivity index (χ4n) is 2.95. The summed E-state index contributed by atoms with van der Waals surface area (Å²) in [5, 5.41) is 0.186. The number of rotatable bonds is 2. The van der Waals surface area contributed by atoms with Crippen molar-refractivity contribution in [1.82, 2.24) is 9.55 Å². The summed E-state index contributed by atoms with van der Waals surface area (Å²) in [6.07, 6.45) is 3.36. The zero-order chi connectivity index (χ0) is 14.2. The maximum Gasteiger partial charge on any atom is 0.329 e. The largest absolute Gasteiger partial charge is 0.329 e. The number of nitrogens with zero attached hydrogens (tertiary/aromatic N) is 1. The fraction of sp³-hybridized carbons (Fsp3) is 0.714. The molecule has 4 nitrogen and oxygen atoms in total. The lowest BCUT2D eigenvalue weighted by Crippen LogP contribution is -2.42. The molecule has 1 fully saturated rings. The van der Waals surface area contributed by atoms with Crippen LogP contribution in [-0.2, 0) is 6.42 Å². The van der Waals surface area contributed by atoms with E-state index < -0.39 is 0 Å². The molecule has 2 rings (SSSR count). The third kappa shape index (κ3) is 2.64. The minimum atomic E-state index is -0.376. The van der Waals surface area contributed by atoms with Gasteiger partial charge in [0.2, 0.25) is 0 Å². The van der Waals surface area contributed by atoms with Crippen LogP contribution < -0.4 is 11.2 Å². The first-order chi connectivity index (χ1) is 8.95. The van der Waals surface area contributed by atoms with E-state index in [4.69, 9.17) is 11.6 Å². The number of aromatic nitrogens is 2. The van der Waals surface area contributed by atoms with Crippen LogP contribution in [0.5, 0.6) is 0 Å². The summed E-state index contributed by atoms with van der Waals surface area (Å²) >= 11 is 5.93. The maximum absolute atomic E-state index is 12.4. The van der Waals surface area contributed by atoms with Crippen LogP contribution >= 0.6 is 11.6 Å². The molecule has 19 heavy (non-hydrogen) atoms. The van der Waals surface area contributed by atoms with Gasteiger partial charge in [0.15, 0.2) is 0 Å². The lowest BCUT2D eigenvalue weighted by molar-refractivity contribution is 0.203. The molecule has 1 aromatic heterocycles. The monoisotopic (exact) mass is 284 g/mol. The van der Waals surface area contributed by atoms with Crippen LogP contribution in [0.25, 0.3) is 0 Å². The molecule has 0 aromatic carbocycles. The third-order valence-corrected chi connectivity index (χ3v) is 4.79. The highest BCUT2D eigenvalue weighted by atomic mass is 35.5. The van der Waals surface area contributed by atoms with Crippen molar-refractivity contribution in [1.29, 1.82) is 0 Å². The first-order valence-electron chi connectivity index (χ1n) is 6.98. The fourth-order valence-corrected chi connectivity index (χ4v) is 3.25. The Morgan fingerprint density at radius 2 is 1.95 bits per heavy atom. The van der Waals surface area contributed by atoms with Gasteiger partial charge in [0.05, 0.1) is 5.56 Å². The van der Waals surface area contributed by atoms with Crippen molar-refractivity contribution in [2.45, 2.75) is 52.5 Å². The molecule has 0 amide bonds. The average Bonchev–Trinajstić information content (AvgIpc) is 2.33. The smallest absolute Gasteiger partial charge is 0.297 e. The molecule has 1 aromatic rings. The standard InChI is InChI=1S/C14H21ClN2O2/c1-4-11-12(15)16-14(19)17(13(11)18)10-6-5-8(2)9(3)7-10/h8-10H,4-7H2,1-3H3,(H,16,19). The molecule has 1 aliphatic carbocycles. The van der Waals surface area contributed by atoms with E-state index in [0.717, 1.165) is 19.3 Å². The summed E-state index contributed by atoms with van der Waals surface area (Å²) in [5.41, 5.74) is -0.0884. The van der Waals surface area contributed by atoms with Crippen molar-refractivity contribution in [3.05, 3.63) is 31.6 Å². The lowest BCUT2D eigenvalue weighted by atomic mass is 9.79. The van der Waals surface area contributed by atoms with Gasteiger partial charge in [0.1, 0.15) is 5.15 Å². The third-order valence-electron chi connectivity index (χ3n) is 4.47. The molecule has 0 spiro atoms. The van der Waals surface area contributed by atoms with E-state index in [1.165, 1.54) is 4.57 Å². The van der Waals surface area contributed by atoms with Crippen molar-refractivity contribution >= 4 is 11.6 Å². The molecule has 3 atom stereocenters. The number of nitrogens with one attached hydrogen (secondary N) is 1. The van der Waals surface area contributed by atoms with Gasteiger partial charge in [-0.1, -0.05) is 32.4 Å². The topological polar surface area (TPSA) is 54.9 Å². The summed E-state index contributed by atoms with van der Waals surface area (Å²) in [4.78, 5) is 27.0. The van der Waals surface area contributed by atoms with Gasteiger partial charge >= 0.3 is 5.69 Å². The highest BCUT2D eigenvalue weighted by Gasteiger charge is 2.28. The number of hydrogen-bond acceptors (Lipinski definition) is 2. The number of aromatic amines is 1. The van der Waals surface area contributed by atoms with E-state index in [2.05, 4.69) is 18.8 Å². The van der Waals surface area contributed by atoms with Gasteiger partial charge in [-0.2, -0.15) is 0 Å². The van der Waals surface area contributed by atoms with Crippen molar-refractivity contribution in [3.63, 3.8) is 0 Å². The van der Waals surface area contributed by atoms with Crippen LogP contribution in [-0.4, -0.2) is 9.55 Å². The molecule has 106 valence electrons. The highest BCUT2D eigenvalue weighted by Crippen LogP contribution is 2.34. The number of hydrogen-bond donors (Lipinski definition) is 1. The summed E-state index contributed by atoms with van der Waals surface area (Å²) < 4.78 is 1.38. The molecule has 0 radical (unpaired) electrons. The van der Waals surface area contributed by atoms with Crippen molar-refractivity contribution in [2.24, 2.45) is 11.8 Å². The normalized spacial score (nSPS) is 27.5. The minimum Gasteiger partial charge on any atom is -0.297 e. The van der Waals surface area contributed by atoms with E-state index in [-0.39, 0.29) is 22.4 Å². The van der Waals surface area contributed by atoms with Gasteiger partial charge in [0.25, 0.3) is 5.56 Å². The molecule has 5 heteroatoms. The molecule has 1 aliphatic rings. The second-order valence-electron chi connectivity index (χ2n) is 5.67. The minimum absolute atomic E-state index is 0.00465. The van der Waals surface area contributed by atoms with Crippen LogP contribution in [0.2, 0.25) is 5.15 Å². The molecule has 0 bridgehead atoms. The zero-order valence-electron chi connectivity index (χ0n) is 11.7. The van der Waals surface area contributed by atoms with E-state index >= 15 is 0 Å². The van der Waals surface area contributed by atoms with Crippen molar-refractivity contribution in [3.8, 4) is 0 Å². The molecular formula is C14H21ClN2O2. The van der Waals surface area contributed by atoms with Gasteiger partial charge in [-0.15, -0.1) is 0 Å². The van der Waals surface area contributed by atoms with E-state index in [9.17, 15) is 9.59 Å². The Kier molecular flexibility index (Phi) is 4.19. The Morgan fingerprint density at radius 1 is 1.26 bits per heavy atom. The molecule has 0 aliphatic heterocycles. The van der Waals surface area contributed by atoms with Crippen LogP contribution in [0.3, 0.4) is 0 Å². The predicted molar refractivity (Wildman–Crippen MR) is 76.9 cm³/mol. The molecule has 3 unspecified atom stereocenters. The Labute approximate surface area is 117 Å². The second kappa shape index (κ2) is 5.53. The van der Waals surface area contributed by atoms with Crippen LogP contribution in [0.15, 0.2) is 9.59 Å². The number of halogens is 1. The Bertz CT molecular complexity index is 576. The van der Waals surface area contributed by atoms with E-state index in [0.29, 0.717) is 23.8 Å². The highest BCUT2D eigenvalue weighted by molar-refractivity contribution is 6.30. The van der Waals surface area contributed by atoms with E-state index in [1.807, 2.05) is 6.92 Å². The average molecular weight is 285 g/mol. The predicted octanol–water partition coefficient (Wildman–Crippen LogP) is 2.75. The van der Waals surface area contributed by atoms with Crippen LogP contribution in [0.4, 0.5) is 0 Å². The summed E-state index contributed by atoms with van der Waals surface area (Å²) in [7, 11) is 0. The van der Waals surface area contributed by atoms with Gasteiger partial charge in [0, 0.05) is 6.04 Å². The Morgan fingerprint density at radius 3 is 2.53 bits per heavy atom. The van der Waals surface area contributed by atoms with Gasteiger partial charge < -0.3 is 0 Å². The number of H-pyrrole nitrogens is 1. The Hall–Kier alpha value is -1.03. The van der Waals surface area contributed by atoms with Gasteiger partial charge in [-0.25, -0.2) is 4.79 Å². The van der Waals surface area contributed by atoms with Gasteiger partial charge in [-0.3, -0.25) is 14.3 Å². The summed E-state index contributed by atoms with van der Waals surface area (Å²) in [6.45, 7) is 6.29. The van der Waals surface area contributed by atoms with Crippen LogP contribution in [0.1, 0.15) is 51.6 Å². The first-order valence-corrected chi connectivity index (χ1v) is 7.36. The SMILES string of the molecule is CCc1c(Cl)[nH]c(=O)n(C2CCC(C)C(C)C2)c1=O. The molecule has 0 saturated heterocycles. The van der Waals surface area contributed by atoms with Crippen molar-refractivity contribution < 1.29 is 0 Å². The lowest BCUT2D eigenvalue weighted by Gasteiger charge is -2.32. The molecule has 1 heterocycles. The first kappa shape index (κ1) is 14.4. The molecule has 1 N–H and O–H groups in total. The second-order valence-corrected chi connectivity index (χ2v) is 6.05. The van der Waals surface area contributed by atoms with Crippen LogP contribution in [0, 0.1) is 11.8 Å². The molecular weight excluding hydrogens is 264 g/mol. The summed E-state index contributed by atoms with van der Waals surface area (Å²) in [5.74, 6) is 1.19. The summed E-state index contributed by atoms with van der Waals surface area (Å²) in [6, 6.07) is 0.00465. The Balaban J connectivity index is 2.46. The van der Waals surface area contributed by atoms with E-state index in [1.54, 1.807) is 0 Å². The quantitative estimate of drug-likeness (QED) is 0.849.